The standard InChI is InChI=1S/C17H22N4O2S/c1-2-23-16(22)14-8-10-19(11-9-14)13-21-17(24)20(12-18-21)15-6-4-3-5-7-15/h3-7,12,14H,2,8-11,13H2,1H3. The molecule has 128 valence electrons. The number of esters is 1. The molecule has 0 N–H and O–H groups in total. The van der Waals surface area contributed by atoms with Gasteiger partial charge in [0.05, 0.1) is 19.2 Å². The van der Waals surface area contributed by atoms with E-state index in [-0.39, 0.29) is 11.9 Å². The van der Waals surface area contributed by atoms with Gasteiger partial charge >= 0.3 is 5.97 Å². The smallest absolute Gasteiger partial charge is 0.309 e. The van der Waals surface area contributed by atoms with Gasteiger partial charge in [-0.05, 0) is 44.1 Å². The maximum Gasteiger partial charge on any atom is 0.309 e. The van der Waals surface area contributed by atoms with Gasteiger partial charge in [0.15, 0.2) is 0 Å². The number of rotatable bonds is 5. The summed E-state index contributed by atoms with van der Waals surface area (Å²) < 4.78 is 9.52. The van der Waals surface area contributed by atoms with Crippen LogP contribution in [-0.4, -0.2) is 44.9 Å². The van der Waals surface area contributed by atoms with Crippen molar-refractivity contribution in [3.63, 3.8) is 0 Å². The van der Waals surface area contributed by atoms with Gasteiger partial charge in [0.1, 0.15) is 6.33 Å². The van der Waals surface area contributed by atoms with Crippen molar-refractivity contribution in [1.29, 1.82) is 0 Å². The molecule has 2 heterocycles. The molecule has 7 heteroatoms. The number of piperidine rings is 1. The molecule has 0 aliphatic carbocycles. The monoisotopic (exact) mass is 346 g/mol. The summed E-state index contributed by atoms with van der Waals surface area (Å²) in [6, 6.07) is 9.95. The Bertz CT molecular complexity index is 733. The predicted molar refractivity (Wildman–Crippen MR) is 93.3 cm³/mol. The van der Waals surface area contributed by atoms with Crippen LogP contribution in [0, 0.1) is 10.7 Å². The molecule has 1 aliphatic heterocycles. The first-order valence-corrected chi connectivity index (χ1v) is 8.68. The molecule has 1 aromatic carbocycles. The van der Waals surface area contributed by atoms with E-state index < -0.39 is 0 Å². The highest BCUT2D eigenvalue weighted by Crippen LogP contribution is 2.19. The molecule has 1 aromatic heterocycles. The first-order valence-electron chi connectivity index (χ1n) is 8.28. The minimum atomic E-state index is -0.0675. The number of benzene rings is 1. The number of nitrogens with zero attached hydrogens (tertiary/aromatic N) is 4. The Morgan fingerprint density at radius 3 is 2.67 bits per heavy atom. The fourth-order valence-corrected chi connectivity index (χ4v) is 3.22. The SMILES string of the molecule is CCOC(=O)C1CCN(Cn2ncn(-c3ccccc3)c2=S)CC1. The van der Waals surface area contributed by atoms with Gasteiger partial charge in [-0.15, -0.1) is 0 Å². The third-order valence-electron chi connectivity index (χ3n) is 4.31. The number of likely N-dealkylation sites (tertiary alicyclic amines) is 1. The Hall–Kier alpha value is -1.99. The Morgan fingerprint density at radius 2 is 2.00 bits per heavy atom. The molecule has 1 saturated heterocycles. The lowest BCUT2D eigenvalue weighted by molar-refractivity contribution is -0.149. The quantitative estimate of drug-likeness (QED) is 0.615. The zero-order valence-corrected chi connectivity index (χ0v) is 14.6. The van der Waals surface area contributed by atoms with Crippen LogP contribution in [0.1, 0.15) is 19.8 Å². The fourth-order valence-electron chi connectivity index (χ4n) is 2.96. The zero-order chi connectivity index (χ0) is 16.9. The van der Waals surface area contributed by atoms with Crippen LogP contribution < -0.4 is 0 Å². The molecule has 2 aromatic rings. The van der Waals surface area contributed by atoms with E-state index >= 15 is 0 Å². The first kappa shape index (κ1) is 16.9. The molecule has 3 rings (SSSR count). The molecule has 1 aliphatic rings. The third-order valence-corrected chi connectivity index (χ3v) is 4.72. The maximum atomic E-state index is 11.8. The molecular formula is C17H22N4O2S. The van der Waals surface area contributed by atoms with Crippen LogP contribution in [0.4, 0.5) is 0 Å². The normalized spacial score (nSPS) is 16.2. The lowest BCUT2D eigenvalue weighted by Crippen LogP contribution is -2.38. The second kappa shape index (κ2) is 7.72. The summed E-state index contributed by atoms with van der Waals surface area (Å²) in [7, 11) is 0. The van der Waals surface area contributed by atoms with Gasteiger partial charge in [-0.3, -0.25) is 14.3 Å². The van der Waals surface area contributed by atoms with Crippen LogP contribution in [0.3, 0.4) is 0 Å². The van der Waals surface area contributed by atoms with Crippen LogP contribution in [0.5, 0.6) is 0 Å². The average molecular weight is 346 g/mol. The molecule has 0 bridgehead atoms. The zero-order valence-electron chi connectivity index (χ0n) is 13.8. The van der Waals surface area contributed by atoms with Crippen molar-refractivity contribution in [1.82, 2.24) is 19.2 Å². The second-order valence-electron chi connectivity index (χ2n) is 5.90. The predicted octanol–water partition coefficient (Wildman–Crippen LogP) is 2.64. The van der Waals surface area contributed by atoms with Crippen molar-refractivity contribution in [3.05, 3.63) is 41.4 Å². The second-order valence-corrected chi connectivity index (χ2v) is 6.27. The maximum absolute atomic E-state index is 11.8. The van der Waals surface area contributed by atoms with Crippen molar-refractivity contribution in [2.75, 3.05) is 19.7 Å². The molecule has 0 atom stereocenters. The van der Waals surface area contributed by atoms with E-state index in [1.165, 1.54) is 0 Å². The summed E-state index contributed by atoms with van der Waals surface area (Å²) in [5.41, 5.74) is 1.01. The molecule has 0 unspecified atom stereocenters. The molecule has 0 saturated carbocycles. The minimum Gasteiger partial charge on any atom is -0.466 e. The molecular weight excluding hydrogens is 324 g/mol. The van der Waals surface area contributed by atoms with Crippen molar-refractivity contribution >= 4 is 18.2 Å². The molecule has 0 spiro atoms. The van der Waals surface area contributed by atoms with Crippen LogP contribution in [-0.2, 0) is 16.2 Å². The van der Waals surface area contributed by atoms with E-state index in [4.69, 9.17) is 17.0 Å². The lowest BCUT2D eigenvalue weighted by atomic mass is 9.97. The third kappa shape index (κ3) is 3.73. The largest absolute Gasteiger partial charge is 0.466 e. The van der Waals surface area contributed by atoms with E-state index in [1.807, 2.05) is 46.5 Å². The van der Waals surface area contributed by atoms with Crippen LogP contribution >= 0.6 is 12.2 Å². The first-order chi connectivity index (χ1) is 11.7. The van der Waals surface area contributed by atoms with Gasteiger partial charge in [0, 0.05) is 18.8 Å². The summed E-state index contributed by atoms with van der Waals surface area (Å²) in [6.45, 7) is 4.64. The molecule has 0 amide bonds. The summed E-state index contributed by atoms with van der Waals surface area (Å²) >= 11 is 5.54. The van der Waals surface area contributed by atoms with Crippen molar-refractivity contribution in [2.45, 2.75) is 26.4 Å². The van der Waals surface area contributed by atoms with E-state index in [2.05, 4.69) is 10.00 Å². The average Bonchev–Trinajstić information content (AvgIpc) is 2.97. The Labute approximate surface area is 146 Å². The summed E-state index contributed by atoms with van der Waals surface area (Å²) in [5.74, 6) is -0.0434. The number of hydrogen-bond donors (Lipinski definition) is 0. The Morgan fingerprint density at radius 1 is 1.29 bits per heavy atom. The van der Waals surface area contributed by atoms with Gasteiger partial charge in [-0.25, -0.2) is 4.68 Å². The Balaban J connectivity index is 1.61. The highest BCUT2D eigenvalue weighted by Gasteiger charge is 2.26. The van der Waals surface area contributed by atoms with Crippen LogP contribution in [0.25, 0.3) is 5.69 Å². The number of hydrogen-bond acceptors (Lipinski definition) is 5. The Kier molecular flexibility index (Phi) is 5.42. The number of carbonyl (C=O) groups is 1. The molecule has 0 radical (unpaired) electrons. The van der Waals surface area contributed by atoms with E-state index in [1.54, 1.807) is 6.33 Å². The number of para-hydroxylation sites is 1. The number of aromatic nitrogens is 3. The van der Waals surface area contributed by atoms with E-state index in [9.17, 15) is 4.79 Å². The van der Waals surface area contributed by atoms with Gasteiger partial charge in [-0.1, -0.05) is 18.2 Å². The van der Waals surface area contributed by atoms with Gasteiger partial charge in [0.2, 0.25) is 4.77 Å². The lowest BCUT2D eigenvalue weighted by Gasteiger charge is -2.30. The van der Waals surface area contributed by atoms with Gasteiger partial charge in [0.25, 0.3) is 0 Å². The van der Waals surface area contributed by atoms with Crippen LogP contribution in [0.15, 0.2) is 36.7 Å². The minimum absolute atomic E-state index is 0.0241. The van der Waals surface area contributed by atoms with Gasteiger partial charge < -0.3 is 4.74 Å². The molecule has 24 heavy (non-hydrogen) atoms. The highest BCUT2D eigenvalue weighted by molar-refractivity contribution is 7.71. The summed E-state index contributed by atoms with van der Waals surface area (Å²) in [4.78, 5) is 14.1. The number of carbonyl (C=O) groups excluding carboxylic acids is 1. The molecule has 6 nitrogen and oxygen atoms in total. The van der Waals surface area contributed by atoms with Gasteiger partial charge in [-0.2, -0.15) is 5.10 Å². The number of ether oxygens (including phenoxy) is 1. The highest BCUT2D eigenvalue weighted by atomic mass is 32.1. The van der Waals surface area contributed by atoms with Crippen molar-refractivity contribution < 1.29 is 9.53 Å². The van der Waals surface area contributed by atoms with Crippen LogP contribution in [0.2, 0.25) is 0 Å². The molecule has 1 fully saturated rings. The topological polar surface area (TPSA) is 52.3 Å². The summed E-state index contributed by atoms with van der Waals surface area (Å²) in [6.07, 6.45) is 3.40. The van der Waals surface area contributed by atoms with E-state index in [0.717, 1.165) is 31.6 Å². The fraction of sp³-hybridized carbons (Fsp3) is 0.471. The van der Waals surface area contributed by atoms with E-state index in [0.29, 0.717) is 18.0 Å². The van der Waals surface area contributed by atoms with Crippen molar-refractivity contribution in [2.24, 2.45) is 5.92 Å². The summed E-state index contributed by atoms with van der Waals surface area (Å²) in [5, 5.41) is 4.41. The van der Waals surface area contributed by atoms with Crippen molar-refractivity contribution in [3.8, 4) is 5.69 Å².